The molecule has 1 atom stereocenters. The molecule has 6 heteroatoms. The summed E-state index contributed by atoms with van der Waals surface area (Å²) < 4.78 is 0. The van der Waals surface area contributed by atoms with Crippen molar-refractivity contribution >= 4 is 46.5 Å². The number of aliphatic carboxylic acids is 1. The van der Waals surface area contributed by atoms with E-state index in [2.05, 4.69) is 5.32 Å². The van der Waals surface area contributed by atoms with E-state index < -0.39 is 12.0 Å². The summed E-state index contributed by atoms with van der Waals surface area (Å²) in [6.45, 7) is 1.75. The second kappa shape index (κ2) is 5.62. The molecule has 0 aliphatic rings. The van der Waals surface area contributed by atoms with Gasteiger partial charge in [-0.1, -0.05) is 41.7 Å². The second-order valence-corrected chi connectivity index (χ2v) is 4.44. The van der Waals surface area contributed by atoms with Crippen LogP contribution < -0.4 is 5.32 Å². The lowest BCUT2D eigenvalue weighted by Gasteiger charge is -2.16. The van der Waals surface area contributed by atoms with Crippen molar-refractivity contribution in [2.24, 2.45) is 0 Å². The fourth-order valence-electron chi connectivity index (χ4n) is 1.19. The van der Waals surface area contributed by atoms with Crippen molar-refractivity contribution in [3.05, 3.63) is 27.2 Å². The van der Waals surface area contributed by atoms with E-state index in [1.807, 2.05) is 0 Å². The van der Waals surface area contributed by atoms with Gasteiger partial charge in [0, 0.05) is 5.02 Å². The van der Waals surface area contributed by atoms with Gasteiger partial charge in [-0.2, -0.15) is 0 Å². The SMILES string of the molecule is CCC(Nc1c(Cl)cc(Cl)cc1Cl)C(=O)O. The molecule has 1 unspecified atom stereocenters. The average molecular weight is 283 g/mol. The van der Waals surface area contributed by atoms with Crippen LogP contribution in [0.1, 0.15) is 13.3 Å². The summed E-state index contributed by atoms with van der Waals surface area (Å²) in [5.41, 5.74) is 0.391. The van der Waals surface area contributed by atoms with E-state index in [9.17, 15) is 4.79 Å². The molecule has 0 heterocycles. The van der Waals surface area contributed by atoms with E-state index in [1.165, 1.54) is 12.1 Å². The summed E-state index contributed by atoms with van der Waals surface area (Å²) >= 11 is 17.6. The number of carboxylic acid groups (broad SMARTS) is 1. The first-order valence-corrected chi connectivity index (χ1v) is 5.73. The maximum atomic E-state index is 10.8. The maximum Gasteiger partial charge on any atom is 0.326 e. The molecule has 0 radical (unpaired) electrons. The van der Waals surface area contributed by atoms with Crippen molar-refractivity contribution in [2.45, 2.75) is 19.4 Å². The molecule has 1 aromatic carbocycles. The third-order valence-corrected chi connectivity index (χ3v) is 2.85. The van der Waals surface area contributed by atoms with Crippen LogP contribution in [-0.2, 0) is 4.79 Å². The zero-order chi connectivity index (χ0) is 12.3. The van der Waals surface area contributed by atoms with E-state index in [0.29, 0.717) is 27.2 Å². The lowest BCUT2D eigenvalue weighted by Crippen LogP contribution is -2.28. The van der Waals surface area contributed by atoms with Crippen LogP contribution in [0.15, 0.2) is 12.1 Å². The Bertz CT molecular complexity index is 386. The third kappa shape index (κ3) is 3.17. The molecule has 0 fully saturated rings. The molecule has 88 valence electrons. The summed E-state index contributed by atoms with van der Waals surface area (Å²) in [5.74, 6) is -0.954. The van der Waals surface area contributed by atoms with Gasteiger partial charge in [0.15, 0.2) is 0 Å². The molecular weight excluding hydrogens is 272 g/mol. The number of hydrogen-bond acceptors (Lipinski definition) is 2. The number of halogens is 3. The Morgan fingerprint density at radius 1 is 1.38 bits per heavy atom. The molecule has 0 bridgehead atoms. The number of rotatable bonds is 4. The van der Waals surface area contributed by atoms with E-state index in [-0.39, 0.29) is 0 Å². The Hall–Kier alpha value is -0.640. The van der Waals surface area contributed by atoms with Gasteiger partial charge in [0.25, 0.3) is 0 Å². The van der Waals surface area contributed by atoms with Crippen molar-refractivity contribution in [3.63, 3.8) is 0 Å². The van der Waals surface area contributed by atoms with Crippen molar-refractivity contribution in [3.8, 4) is 0 Å². The zero-order valence-electron chi connectivity index (χ0n) is 8.43. The molecule has 1 aromatic rings. The van der Waals surface area contributed by atoms with E-state index in [0.717, 1.165) is 0 Å². The van der Waals surface area contributed by atoms with E-state index in [4.69, 9.17) is 39.9 Å². The second-order valence-electron chi connectivity index (χ2n) is 3.19. The normalized spacial score (nSPS) is 12.2. The van der Waals surface area contributed by atoms with Crippen LogP contribution >= 0.6 is 34.8 Å². The van der Waals surface area contributed by atoms with Gasteiger partial charge < -0.3 is 10.4 Å². The first-order valence-electron chi connectivity index (χ1n) is 4.59. The molecule has 0 spiro atoms. The van der Waals surface area contributed by atoms with Crippen LogP contribution in [0.2, 0.25) is 15.1 Å². The fraction of sp³-hybridized carbons (Fsp3) is 0.300. The first kappa shape index (κ1) is 13.4. The van der Waals surface area contributed by atoms with Gasteiger partial charge in [-0.3, -0.25) is 0 Å². The molecule has 3 nitrogen and oxygen atoms in total. The van der Waals surface area contributed by atoms with E-state index >= 15 is 0 Å². The standard InChI is InChI=1S/C10H10Cl3NO2/c1-2-8(10(15)16)14-9-6(12)3-5(11)4-7(9)13/h3-4,8,14H,2H2,1H3,(H,15,16). The number of carboxylic acids is 1. The molecule has 0 amide bonds. The van der Waals surface area contributed by atoms with Gasteiger partial charge in [-0.25, -0.2) is 4.79 Å². The maximum absolute atomic E-state index is 10.8. The van der Waals surface area contributed by atoms with Crippen molar-refractivity contribution in [2.75, 3.05) is 5.32 Å². The summed E-state index contributed by atoms with van der Waals surface area (Å²) in [6, 6.07) is 2.29. The summed E-state index contributed by atoms with van der Waals surface area (Å²) in [4.78, 5) is 10.8. The Balaban J connectivity index is 3.01. The zero-order valence-corrected chi connectivity index (χ0v) is 10.7. The number of nitrogens with one attached hydrogen (secondary N) is 1. The summed E-state index contributed by atoms with van der Waals surface area (Å²) in [7, 11) is 0. The highest BCUT2D eigenvalue weighted by Gasteiger charge is 2.17. The predicted octanol–water partition coefficient (Wildman–Crippen LogP) is 3.92. The molecule has 0 saturated heterocycles. The highest BCUT2D eigenvalue weighted by atomic mass is 35.5. The van der Waals surface area contributed by atoms with Crippen molar-refractivity contribution < 1.29 is 9.90 Å². The molecular formula is C10H10Cl3NO2. The van der Waals surface area contributed by atoms with Crippen LogP contribution in [0.3, 0.4) is 0 Å². The molecule has 0 saturated carbocycles. The predicted molar refractivity (Wildman–Crippen MR) is 66.8 cm³/mol. The first-order chi connectivity index (χ1) is 7.45. The Morgan fingerprint density at radius 3 is 2.25 bits per heavy atom. The largest absolute Gasteiger partial charge is 0.480 e. The van der Waals surface area contributed by atoms with Crippen LogP contribution in [0.5, 0.6) is 0 Å². The van der Waals surface area contributed by atoms with Crippen LogP contribution in [-0.4, -0.2) is 17.1 Å². The van der Waals surface area contributed by atoms with Crippen molar-refractivity contribution in [1.82, 2.24) is 0 Å². The monoisotopic (exact) mass is 281 g/mol. The summed E-state index contributed by atoms with van der Waals surface area (Å²) in [6.07, 6.45) is 0.421. The van der Waals surface area contributed by atoms with Gasteiger partial charge in [0.05, 0.1) is 15.7 Å². The lowest BCUT2D eigenvalue weighted by molar-refractivity contribution is -0.137. The Morgan fingerprint density at radius 2 is 1.88 bits per heavy atom. The topological polar surface area (TPSA) is 49.3 Å². The van der Waals surface area contributed by atoms with Gasteiger partial charge in [0.2, 0.25) is 0 Å². The average Bonchev–Trinajstić information content (AvgIpc) is 2.15. The number of anilines is 1. The molecule has 0 aromatic heterocycles. The van der Waals surface area contributed by atoms with Crippen LogP contribution in [0, 0.1) is 0 Å². The number of carbonyl (C=O) groups is 1. The smallest absolute Gasteiger partial charge is 0.326 e. The molecule has 1 rings (SSSR count). The number of benzene rings is 1. The minimum Gasteiger partial charge on any atom is -0.480 e. The minimum atomic E-state index is -0.954. The van der Waals surface area contributed by atoms with Gasteiger partial charge >= 0.3 is 5.97 Å². The van der Waals surface area contributed by atoms with Gasteiger partial charge in [-0.05, 0) is 18.6 Å². The molecule has 0 aliphatic heterocycles. The fourth-order valence-corrected chi connectivity index (χ4v) is 2.12. The Kier molecular flexibility index (Phi) is 4.71. The molecule has 0 aliphatic carbocycles. The highest BCUT2D eigenvalue weighted by molar-refractivity contribution is 6.41. The van der Waals surface area contributed by atoms with Crippen molar-refractivity contribution in [1.29, 1.82) is 0 Å². The minimum absolute atomic E-state index is 0.303. The number of hydrogen-bond donors (Lipinski definition) is 2. The quantitative estimate of drug-likeness (QED) is 0.880. The Labute approximate surface area is 108 Å². The van der Waals surface area contributed by atoms with Crippen LogP contribution in [0.25, 0.3) is 0 Å². The third-order valence-electron chi connectivity index (χ3n) is 2.03. The van der Waals surface area contributed by atoms with Gasteiger partial charge in [0.1, 0.15) is 6.04 Å². The van der Waals surface area contributed by atoms with E-state index in [1.54, 1.807) is 6.92 Å². The van der Waals surface area contributed by atoms with Crippen LogP contribution in [0.4, 0.5) is 5.69 Å². The lowest BCUT2D eigenvalue weighted by atomic mass is 10.2. The van der Waals surface area contributed by atoms with Gasteiger partial charge in [-0.15, -0.1) is 0 Å². The summed E-state index contributed by atoms with van der Waals surface area (Å²) in [5, 5.41) is 12.7. The molecule has 2 N–H and O–H groups in total. The highest BCUT2D eigenvalue weighted by Crippen LogP contribution is 2.34. The molecule has 16 heavy (non-hydrogen) atoms.